The second-order valence-electron chi connectivity index (χ2n) is 6.04. The van der Waals surface area contributed by atoms with Crippen molar-refractivity contribution >= 4 is 23.4 Å². The van der Waals surface area contributed by atoms with E-state index in [0.29, 0.717) is 17.3 Å². The van der Waals surface area contributed by atoms with Crippen LogP contribution in [0.15, 0.2) is 48.5 Å². The molecule has 0 aliphatic rings. The molecule has 0 bridgehead atoms. The number of rotatable bonds is 7. The maximum Gasteiger partial charge on any atom is 0.261 e. The number of amides is 2. The highest BCUT2D eigenvalue weighted by atomic mass is 35.5. The van der Waals surface area contributed by atoms with Gasteiger partial charge in [-0.15, -0.1) is 0 Å². The lowest BCUT2D eigenvalue weighted by atomic mass is 10.1. The van der Waals surface area contributed by atoms with Gasteiger partial charge in [0.25, 0.3) is 5.91 Å². The molecule has 0 fully saturated rings. The van der Waals surface area contributed by atoms with E-state index in [0.717, 1.165) is 11.1 Å². The standard InChI is InChI=1S/C20H23ClN2O3/c1-14-4-6-16(7-5-14)12-23(15(2)20(25)22-3)19(24)13-26-18-10-8-17(21)9-11-18/h4-11,15H,12-13H2,1-3H3,(H,22,25). The fourth-order valence-corrected chi connectivity index (χ4v) is 2.57. The van der Waals surface area contributed by atoms with Gasteiger partial charge in [0.1, 0.15) is 11.8 Å². The molecule has 5 nitrogen and oxygen atoms in total. The van der Waals surface area contributed by atoms with E-state index in [4.69, 9.17) is 16.3 Å². The number of aryl methyl sites for hydroxylation is 1. The first-order valence-corrected chi connectivity index (χ1v) is 8.73. The lowest BCUT2D eigenvalue weighted by Gasteiger charge is -2.28. The van der Waals surface area contributed by atoms with Crippen LogP contribution in [0.1, 0.15) is 18.1 Å². The lowest BCUT2D eigenvalue weighted by Crippen LogP contribution is -2.48. The van der Waals surface area contributed by atoms with Crippen LogP contribution < -0.4 is 10.1 Å². The minimum Gasteiger partial charge on any atom is -0.484 e. The molecule has 0 saturated carbocycles. The van der Waals surface area contributed by atoms with Crippen LogP contribution in [0.4, 0.5) is 0 Å². The number of carbonyl (C=O) groups is 2. The molecule has 1 atom stereocenters. The predicted molar refractivity (Wildman–Crippen MR) is 102 cm³/mol. The molecule has 2 amide bonds. The average molecular weight is 375 g/mol. The van der Waals surface area contributed by atoms with Gasteiger partial charge in [-0.2, -0.15) is 0 Å². The molecule has 0 aliphatic heterocycles. The highest BCUT2D eigenvalue weighted by molar-refractivity contribution is 6.30. The van der Waals surface area contributed by atoms with E-state index in [-0.39, 0.29) is 18.4 Å². The van der Waals surface area contributed by atoms with Crippen LogP contribution in [0.3, 0.4) is 0 Å². The second kappa shape index (κ2) is 9.25. The van der Waals surface area contributed by atoms with Gasteiger partial charge in [-0.05, 0) is 43.7 Å². The highest BCUT2D eigenvalue weighted by Crippen LogP contribution is 2.16. The molecular formula is C20H23ClN2O3. The SMILES string of the molecule is CNC(=O)C(C)N(Cc1ccc(C)cc1)C(=O)COc1ccc(Cl)cc1. The molecule has 1 N–H and O–H groups in total. The molecule has 2 aromatic carbocycles. The summed E-state index contributed by atoms with van der Waals surface area (Å²) in [7, 11) is 1.55. The molecule has 0 aliphatic carbocycles. The molecule has 0 aromatic heterocycles. The fourth-order valence-electron chi connectivity index (χ4n) is 2.44. The Balaban J connectivity index is 2.10. The van der Waals surface area contributed by atoms with Crippen LogP contribution in [-0.4, -0.2) is 36.4 Å². The van der Waals surface area contributed by atoms with Crippen LogP contribution in [0, 0.1) is 6.92 Å². The van der Waals surface area contributed by atoms with Crippen LogP contribution >= 0.6 is 11.6 Å². The van der Waals surface area contributed by atoms with Gasteiger partial charge in [-0.1, -0.05) is 41.4 Å². The Labute approximate surface area is 158 Å². The monoisotopic (exact) mass is 374 g/mol. The normalized spacial score (nSPS) is 11.5. The van der Waals surface area contributed by atoms with Gasteiger partial charge in [0.05, 0.1) is 0 Å². The molecule has 0 saturated heterocycles. The van der Waals surface area contributed by atoms with Gasteiger partial charge in [-0.25, -0.2) is 0 Å². The number of ether oxygens (including phenoxy) is 1. The number of benzene rings is 2. The van der Waals surface area contributed by atoms with E-state index >= 15 is 0 Å². The summed E-state index contributed by atoms with van der Waals surface area (Å²) in [4.78, 5) is 26.3. The van der Waals surface area contributed by atoms with Crippen molar-refractivity contribution in [3.8, 4) is 5.75 Å². The van der Waals surface area contributed by atoms with E-state index in [9.17, 15) is 9.59 Å². The van der Waals surface area contributed by atoms with Gasteiger partial charge < -0.3 is 15.0 Å². The molecule has 6 heteroatoms. The van der Waals surface area contributed by atoms with Crippen molar-refractivity contribution in [1.82, 2.24) is 10.2 Å². The summed E-state index contributed by atoms with van der Waals surface area (Å²) in [5.74, 6) is 0.0548. The van der Waals surface area contributed by atoms with Crippen molar-refractivity contribution in [1.29, 1.82) is 0 Å². The maximum absolute atomic E-state index is 12.7. The zero-order valence-corrected chi connectivity index (χ0v) is 15.9. The Hall–Kier alpha value is -2.53. The third-order valence-corrected chi connectivity index (χ3v) is 4.32. The van der Waals surface area contributed by atoms with Crippen molar-refractivity contribution < 1.29 is 14.3 Å². The molecule has 0 spiro atoms. The zero-order chi connectivity index (χ0) is 19.1. The van der Waals surface area contributed by atoms with E-state index < -0.39 is 6.04 Å². The average Bonchev–Trinajstić information content (AvgIpc) is 2.65. The minimum absolute atomic E-state index is 0.158. The number of hydrogen-bond donors (Lipinski definition) is 1. The predicted octanol–water partition coefficient (Wildman–Crippen LogP) is 3.19. The van der Waals surface area contributed by atoms with Gasteiger partial charge in [-0.3, -0.25) is 9.59 Å². The Bertz CT molecular complexity index is 745. The maximum atomic E-state index is 12.7. The highest BCUT2D eigenvalue weighted by Gasteiger charge is 2.25. The molecule has 26 heavy (non-hydrogen) atoms. The fraction of sp³-hybridized carbons (Fsp3) is 0.300. The third kappa shape index (κ3) is 5.49. The first-order valence-electron chi connectivity index (χ1n) is 8.35. The summed E-state index contributed by atoms with van der Waals surface area (Å²) in [6.07, 6.45) is 0. The number of halogens is 1. The van der Waals surface area contributed by atoms with Gasteiger partial charge in [0, 0.05) is 18.6 Å². The molecular weight excluding hydrogens is 352 g/mol. The van der Waals surface area contributed by atoms with Crippen LogP contribution in [0.25, 0.3) is 0 Å². The van der Waals surface area contributed by atoms with E-state index in [1.165, 1.54) is 4.90 Å². The van der Waals surface area contributed by atoms with E-state index in [2.05, 4.69) is 5.32 Å². The van der Waals surface area contributed by atoms with Crippen molar-refractivity contribution in [2.24, 2.45) is 0 Å². The topological polar surface area (TPSA) is 58.6 Å². The minimum atomic E-state index is -0.609. The molecule has 2 rings (SSSR count). The smallest absolute Gasteiger partial charge is 0.261 e. The van der Waals surface area contributed by atoms with Gasteiger partial charge >= 0.3 is 0 Å². The van der Waals surface area contributed by atoms with Crippen LogP contribution in [0.2, 0.25) is 5.02 Å². The van der Waals surface area contributed by atoms with Crippen molar-refractivity contribution in [3.05, 3.63) is 64.7 Å². The van der Waals surface area contributed by atoms with Crippen molar-refractivity contribution in [2.45, 2.75) is 26.4 Å². The molecule has 0 heterocycles. The Morgan fingerprint density at radius 1 is 1.12 bits per heavy atom. The number of hydrogen-bond acceptors (Lipinski definition) is 3. The van der Waals surface area contributed by atoms with Gasteiger partial charge in [0.15, 0.2) is 6.61 Å². The molecule has 1 unspecified atom stereocenters. The van der Waals surface area contributed by atoms with Crippen LogP contribution in [-0.2, 0) is 16.1 Å². The number of carbonyl (C=O) groups excluding carboxylic acids is 2. The Kier molecular flexibility index (Phi) is 7.04. The first kappa shape index (κ1) is 19.8. The largest absolute Gasteiger partial charge is 0.484 e. The summed E-state index contributed by atoms with van der Waals surface area (Å²) in [6, 6.07) is 14.0. The molecule has 138 valence electrons. The third-order valence-electron chi connectivity index (χ3n) is 4.06. The first-order chi connectivity index (χ1) is 12.4. The van der Waals surface area contributed by atoms with Crippen LogP contribution in [0.5, 0.6) is 5.75 Å². The second-order valence-corrected chi connectivity index (χ2v) is 6.48. The number of nitrogens with zero attached hydrogens (tertiary/aromatic N) is 1. The Morgan fingerprint density at radius 2 is 1.73 bits per heavy atom. The lowest BCUT2D eigenvalue weighted by molar-refractivity contribution is -0.142. The summed E-state index contributed by atoms with van der Waals surface area (Å²) in [5.41, 5.74) is 2.09. The van der Waals surface area contributed by atoms with E-state index in [1.807, 2.05) is 31.2 Å². The molecule has 0 radical (unpaired) electrons. The molecule has 2 aromatic rings. The zero-order valence-electron chi connectivity index (χ0n) is 15.2. The summed E-state index contributed by atoms with van der Waals surface area (Å²) >= 11 is 5.84. The summed E-state index contributed by atoms with van der Waals surface area (Å²) in [6.45, 7) is 3.87. The quantitative estimate of drug-likeness (QED) is 0.809. The van der Waals surface area contributed by atoms with Gasteiger partial charge in [0.2, 0.25) is 5.91 Å². The van der Waals surface area contributed by atoms with E-state index in [1.54, 1.807) is 38.2 Å². The number of nitrogens with one attached hydrogen (secondary N) is 1. The Morgan fingerprint density at radius 3 is 2.31 bits per heavy atom. The number of likely N-dealkylation sites (N-methyl/N-ethyl adjacent to an activating group) is 1. The van der Waals surface area contributed by atoms with Crippen molar-refractivity contribution in [3.63, 3.8) is 0 Å². The summed E-state index contributed by atoms with van der Waals surface area (Å²) in [5, 5.41) is 3.18. The summed E-state index contributed by atoms with van der Waals surface area (Å²) < 4.78 is 5.54. The van der Waals surface area contributed by atoms with Crippen molar-refractivity contribution in [2.75, 3.05) is 13.7 Å².